The second kappa shape index (κ2) is 6.37. The summed E-state index contributed by atoms with van der Waals surface area (Å²) < 4.78 is 7.17. The van der Waals surface area contributed by atoms with E-state index in [9.17, 15) is 4.79 Å². The second-order valence-electron chi connectivity index (χ2n) is 4.80. The van der Waals surface area contributed by atoms with Gasteiger partial charge in [0.25, 0.3) is 0 Å². The van der Waals surface area contributed by atoms with E-state index in [1.165, 1.54) is 16.2 Å². The number of nitrogens with zero attached hydrogens (tertiary/aromatic N) is 3. The number of benzene rings is 1. The molecule has 3 aromatic rings. The molecule has 7 heteroatoms. The summed E-state index contributed by atoms with van der Waals surface area (Å²) in [7, 11) is 1.68. The van der Waals surface area contributed by atoms with Crippen LogP contribution in [0.4, 0.5) is 4.79 Å². The van der Waals surface area contributed by atoms with E-state index in [2.05, 4.69) is 4.98 Å². The maximum Gasteiger partial charge on any atom is 0.410 e. The smallest absolute Gasteiger partial charge is 0.410 e. The first kappa shape index (κ1) is 14.9. The van der Waals surface area contributed by atoms with Gasteiger partial charge in [-0.3, -0.25) is 4.40 Å². The van der Waals surface area contributed by atoms with E-state index >= 15 is 0 Å². The van der Waals surface area contributed by atoms with Crippen molar-refractivity contribution in [2.45, 2.75) is 13.2 Å². The molecular formula is C15H14ClN3O2S. The van der Waals surface area contributed by atoms with Crippen LogP contribution in [0.1, 0.15) is 11.3 Å². The molecule has 2 heterocycles. The van der Waals surface area contributed by atoms with Gasteiger partial charge in [0.2, 0.25) is 0 Å². The van der Waals surface area contributed by atoms with Crippen molar-refractivity contribution in [1.82, 2.24) is 14.3 Å². The Morgan fingerprint density at radius 2 is 2.18 bits per heavy atom. The normalized spacial score (nSPS) is 10.8. The van der Waals surface area contributed by atoms with E-state index in [1.54, 1.807) is 7.05 Å². The van der Waals surface area contributed by atoms with Gasteiger partial charge < -0.3 is 9.64 Å². The van der Waals surface area contributed by atoms with E-state index in [0.717, 1.165) is 16.2 Å². The van der Waals surface area contributed by atoms with Crippen LogP contribution in [0.15, 0.2) is 41.9 Å². The van der Waals surface area contributed by atoms with Gasteiger partial charge in [0, 0.05) is 18.6 Å². The zero-order valence-corrected chi connectivity index (χ0v) is 13.5. The van der Waals surface area contributed by atoms with Crippen LogP contribution in [0, 0.1) is 0 Å². The number of hydrogen-bond acceptors (Lipinski definition) is 4. The topological polar surface area (TPSA) is 46.8 Å². The van der Waals surface area contributed by atoms with Gasteiger partial charge in [-0.25, -0.2) is 9.78 Å². The highest BCUT2D eigenvalue weighted by Crippen LogP contribution is 2.22. The van der Waals surface area contributed by atoms with Crippen LogP contribution in [-0.2, 0) is 17.9 Å². The Morgan fingerprint density at radius 1 is 1.41 bits per heavy atom. The number of halogens is 1. The van der Waals surface area contributed by atoms with Gasteiger partial charge in [-0.1, -0.05) is 41.9 Å². The molecule has 1 aromatic carbocycles. The van der Waals surface area contributed by atoms with E-state index in [1.807, 2.05) is 46.3 Å². The van der Waals surface area contributed by atoms with Crippen molar-refractivity contribution in [2.75, 3.05) is 7.05 Å². The molecule has 0 N–H and O–H groups in total. The van der Waals surface area contributed by atoms with Crippen LogP contribution in [0.25, 0.3) is 4.96 Å². The van der Waals surface area contributed by atoms with Gasteiger partial charge in [-0.2, -0.15) is 0 Å². The number of carbonyl (C=O) groups excluding carboxylic acids is 1. The molecule has 0 bridgehead atoms. The van der Waals surface area contributed by atoms with Crippen LogP contribution in [0.2, 0.25) is 5.15 Å². The molecule has 0 aliphatic heterocycles. The summed E-state index contributed by atoms with van der Waals surface area (Å²) >= 11 is 7.62. The highest BCUT2D eigenvalue weighted by molar-refractivity contribution is 7.15. The lowest BCUT2D eigenvalue weighted by atomic mass is 10.2. The fraction of sp³-hybridized carbons (Fsp3) is 0.200. The summed E-state index contributed by atoms with van der Waals surface area (Å²) in [6.45, 7) is 0.586. The first-order valence-corrected chi connectivity index (χ1v) is 7.92. The summed E-state index contributed by atoms with van der Waals surface area (Å²) in [5, 5.41) is 2.34. The minimum Gasteiger partial charge on any atom is -0.445 e. The number of rotatable bonds is 4. The molecule has 0 radical (unpaired) electrons. The summed E-state index contributed by atoms with van der Waals surface area (Å²) in [6, 6.07) is 9.57. The summed E-state index contributed by atoms with van der Waals surface area (Å²) in [5.74, 6) is 0. The molecule has 0 saturated heterocycles. The average Bonchev–Trinajstić information content (AvgIpc) is 3.08. The number of ether oxygens (including phenoxy) is 1. The predicted octanol–water partition coefficient (Wildman–Crippen LogP) is 3.82. The molecule has 0 saturated carbocycles. The molecule has 0 aliphatic carbocycles. The van der Waals surface area contributed by atoms with Crippen LogP contribution in [-0.4, -0.2) is 27.4 Å². The van der Waals surface area contributed by atoms with E-state index in [0.29, 0.717) is 11.7 Å². The summed E-state index contributed by atoms with van der Waals surface area (Å²) in [4.78, 5) is 18.6. The van der Waals surface area contributed by atoms with Crippen molar-refractivity contribution in [2.24, 2.45) is 0 Å². The lowest BCUT2D eigenvalue weighted by Crippen LogP contribution is -2.27. The van der Waals surface area contributed by atoms with Gasteiger partial charge in [-0.05, 0) is 5.56 Å². The molecule has 0 unspecified atom stereocenters. The largest absolute Gasteiger partial charge is 0.445 e. The van der Waals surface area contributed by atoms with Crippen molar-refractivity contribution in [3.63, 3.8) is 0 Å². The fourth-order valence-electron chi connectivity index (χ4n) is 2.07. The van der Waals surface area contributed by atoms with Crippen molar-refractivity contribution in [1.29, 1.82) is 0 Å². The van der Waals surface area contributed by atoms with Crippen molar-refractivity contribution in [3.05, 3.63) is 58.3 Å². The standard InChI is InChI=1S/C15H14ClN3O2S/c1-18(15(20)21-10-11-5-3-2-4-6-11)9-12-13(16)17-14-19(12)7-8-22-14/h2-8H,9-10H2,1H3. The average molecular weight is 336 g/mol. The lowest BCUT2D eigenvalue weighted by molar-refractivity contribution is 0.102. The minimum atomic E-state index is -0.398. The lowest BCUT2D eigenvalue weighted by Gasteiger charge is -2.16. The summed E-state index contributed by atoms with van der Waals surface area (Å²) in [5.41, 5.74) is 1.73. The first-order valence-electron chi connectivity index (χ1n) is 6.67. The van der Waals surface area contributed by atoms with E-state index in [-0.39, 0.29) is 6.61 Å². The molecule has 22 heavy (non-hydrogen) atoms. The Bertz CT molecular complexity index is 785. The zero-order valence-electron chi connectivity index (χ0n) is 11.9. The van der Waals surface area contributed by atoms with Crippen LogP contribution in [0.3, 0.4) is 0 Å². The monoisotopic (exact) mass is 335 g/mol. The number of amides is 1. The molecule has 0 aliphatic rings. The maximum absolute atomic E-state index is 12.1. The van der Waals surface area contributed by atoms with Gasteiger partial charge >= 0.3 is 6.09 Å². The Morgan fingerprint density at radius 3 is 2.95 bits per heavy atom. The number of fused-ring (bicyclic) bond motifs is 1. The third kappa shape index (κ3) is 3.08. The molecule has 0 atom stereocenters. The second-order valence-corrected chi connectivity index (χ2v) is 6.03. The van der Waals surface area contributed by atoms with E-state index in [4.69, 9.17) is 16.3 Å². The number of hydrogen-bond donors (Lipinski definition) is 0. The molecule has 3 rings (SSSR count). The highest BCUT2D eigenvalue weighted by Gasteiger charge is 2.17. The van der Waals surface area contributed by atoms with Crippen molar-refractivity contribution in [3.8, 4) is 0 Å². The van der Waals surface area contributed by atoms with Crippen LogP contribution >= 0.6 is 22.9 Å². The molecule has 0 fully saturated rings. The Labute approximate surface area is 136 Å². The van der Waals surface area contributed by atoms with Gasteiger partial charge in [-0.15, -0.1) is 11.3 Å². The third-order valence-corrected chi connectivity index (χ3v) is 4.28. The predicted molar refractivity (Wildman–Crippen MR) is 86.2 cm³/mol. The molecule has 114 valence electrons. The SMILES string of the molecule is CN(Cc1c(Cl)nc2sccn12)C(=O)OCc1ccccc1. The quantitative estimate of drug-likeness (QED) is 0.728. The number of carbonyl (C=O) groups is 1. The number of aromatic nitrogens is 2. The van der Waals surface area contributed by atoms with Crippen LogP contribution in [0.5, 0.6) is 0 Å². The first-order chi connectivity index (χ1) is 10.6. The fourth-order valence-corrected chi connectivity index (χ4v) is 3.08. The van der Waals surface area contributed by atoms with E-state index < -0.39 is 6.09 Å². The molecule has 1 amide bonds. The maximum atomic E-state index is 12.1. The van der Waals surface area contributed by atoms with Gasteiger partial charge in [0.15, 0.2) is 10.1 Å². The third-order valence-electron chi connectivity index (χ3n) is 3.22. The molecule has 2 aromatic heterocycles. The Kier molecular flexibility index (Phi) is 4.31. The Hall–Kier alpha value is -2.05. The minimum absolute atomic E-state index is 0.248. The molecule has 0 spiro atoms. The van der Waals surface area contributed by atoms with Crippen molar-refractivity contribution < 1.29 is 9.53 Å². The van der Waals surface area contributed by atoms with Gasteiger partial charge in [0.05, 0.1) is 12.2 Å². The number of thiazole rings is 1. The zero-order chi connectivity index (χ0) is 15.5. The number of imidazole rings is 1. The van der Waals surface area contributed by atoms with Crippen molar-refractivity contribution >= 4 is 34.0 Å². The molecular weight excluding hydrogens is 322 g/mol. The molecule has 5 nitrogen and oxygen atoms in total. The summed E-state index contributed by atoms with van der Waals surface area (Å²) in [6.07, 6.45) is 1.49. The van der Waals surface area contributed by atoms with Gasteiger partial charge in [0.1, 0.15) is 6.61 Å². The Balaban J connectivity index is 1.64. The highest BCUT2D eigenvalue weighted by atomic mass is 35.5. The van der Waals surface area contributed by atoms with Crippen LogP contribution < -0.4 is 0 Å².